The molecule has 4 N–H and O–H groups in total. The van der Waals surface area contributed by atoms with Crippen LogP contribution >= 0.6 is 23.2 Å². The van der Waals surface area contributed by atoms with Crippen LogP contribution in [0.4, 0.5) is 30.6 Å². The Kier molecular flexibility index (Phi) is 7.08. The fourth-order valence-electron chi connectivity index (χ4n) is 3.53. The van der Waals surface area contributed by atoms with E-state index in [1.165, 1.54) is 0 Å². The lowest BCUT2D eigenvalue weighted by Crippen LogP contribution is -2.27. The molecule has 1 aromatic heterocycles. The normalized spacial score (nSPS) is 19.8. The maximum Gasteiger partial charge on any atom is 0.421 e. The Bertz CT molecular complexity index is 847. The highest BCUT2D eigenvalue weighted by atomic mass is 35.5. The Hall–Kier alpha value is -1.77. The highest BCUT2D eigenvalue weighted by Crippen LogP contribution is 2.35. The highest BCUT2D eigenvalue weighted by molar-refractivity contribution is 6.42. The summed E-state index contributed by atoms with van der Waals surface area (Å²) in [5.74, 6) is 0.474. The van der Waals surface area contributed by atoms with E-state index in [0.29, 0.717) is 34.7 Å². The zero-order valence-electron chi connectivity index (χ0n) is 15.6. The minimum Gasteiger partial charge on any atom is -0.369 e. The van der Waals surface area contributed by atoms with E-state index in [1.807, 2.05) is 0 Å². The van der Waals surface area contributed by atoms with Crippen LogP contribution in [0.3, 0.4) is 0 Å². The van der Waals surface area contributed by atoms with Crippen LogP contribution in [0.1, 0.15) is 31.2 Å². The first-order valence-corrected chi connectivity index (χ1v) is 10.1. The SMILES string of the molecule is NCC1CCCC(CNc2nc(Nc3ccc(Cl)c(Cl)c3)ncc2C(F)(F)F)C1. The van der Waals surface area contributed by atoms with Gasteiger partial charge in [0, 0.05) is 18.4 Å². The Morgan fingerprint density at radius 3 is 2.59 bits per heavy atom. The summed E-state index contributed by atoms with van der Waals surface area (Å²) in [6, 6.07) is 4.76. The third-order valence-electron chi connectivity index (χ3n) is 5.05. The second kappa shape index (κ2) is 9.36. The van der Waals surface area contributed by atoms with E-state index in [-0.39, 0.29) is 17.7 Å². The number of aromatic nitrogens is 2. The standard InChI is InChI=1S/C19H22Cl2F3N5/c20-15-5-4-13(7-16(15)21)28-18-27-10-14(19(22,23)24)17(29-18)26-9-12-3-1-2-11(6-12)8-25/h4-5,7,10-12H,1-3,6,8-9,25H2,(H2,26,27,28,29). The molecule has 3 rings (SSSR count). The second-order valence-electron chi connectivity index (χ2n) is 7.22. The first kappa shape index (κ1) is 21.9. The zero-order chi connectivity index (χ0) is 21.0. The minimum absolute atomic E-state index is 0.0300. The van der Waals surface area contributed by atoms with Crippen LogP contribution in [0.5, 0.6) is 0 Å². The van der Waals surface area contributed by atoms with Crippen molar-refractivity contribution >= 4 is 40.7 Å². The molecule has 0 saturated heterocycles. The van der Waals surface area contributed by atoms with Gasteiger partial charge in [-0.2, -0.15) is 18.2 Å². The molecule has 158 valence electrons. The summed E-state index contributed by atoms with van der Waals surface area (Å²) in [6.45, 7) is 1.01. The molecular formula is C19H22Cl2F3N5. The van der Waals surface area contributed by atoms with Gasteiger partial charge in [0.15, 0.2) is 0 Å². The van der Waals surface area contributed by atoms with Gasteiger partial charge in [0.2, 0.25) is 5.95 Å². The molecule has 29 heavy (non-hydrogen) atoms. The molecule has 2 atom stereocenters. The summed E-state index contributed by atoms with van der Waals surface area (Å²) in [7, 11) is 0. The van der Waals surface area contributed by atoms with Gasteiger partial charge in [0.1, 0.15) is 11.4 Å². The molecule has 1 aliphatic rings. The second-order valence-corrected chi connectivity index (χ2v) is 8.04. The molecular weight excluding hydrogens is 426 g/mol. The maximum absolute atomic E-state index is 13.4. The summed E-state index contributed by atoms with van der Waals surface area (Å²) >= 11 is 11.9. The molecule has 1 aliphatic carbocycles. The molecule has 2 unspecified atom stereocenters. The lowest BCUT2D eigenvalue weighted by Gasteiger charge is -2.28. The average Bonchev–Trinajstić information content (AvgIpc) is 2.68. The highest BCUT2D eigenvalue weighted by Gasteiger charge is 2.35. The van der Waals surface area contributed by atoms with E-state index in [2.05, 4.69) is 20.6 Å². The largest absolute Gasteiger partial charge is 0.421 e. The Balaban J connectivity index is 1.77. The number of halogens is 5. The Morgan fingerprint density at radius 2 is 1.90 bits per heavy atom. The minimum atomic E-state index is -4.56. The van der Waals surface area contributed by atoms with Crippen molar-refractivity contribution < 1.29 is 13.2 Å². The molecule has 0 amide bonds. The fourth-order valence-corrected chi connectivity index (χ4v) is 3.83. The maximum atomic E-state index is 13.4. The number of nitrogens with zero attached hydrogens (tertiary/aromatic N) is 2. The number of alkyl halides is 3. The van der Waals surface area contributed by atoms with Crippen LogP contribution in [0.25, 0.3) is 0 Å². The number of anilines is 3. The zero-order valence-corrected chi connectivity index (χ0v) is 17.1. The van der Waals surface area contributed by atoms with E-state index in [9.17, 15) is 13.2 Å². The quantitative estimate of drug-likeness (QED) is 0.527. The lowest BCUT2D eigenvalue weighted by molar-refractivity contribution is -0.137. The molecule has 1 aromatic carbocycles. The Morgan fingerprint density at radius 1 is 1.14 bits per heavy atom. The van der Waals surface area contributed by atoms with Gasteiger partial charge < -0.3 is 16.4 Å². The molecule has 1 saturated carbocycles. The van der Waals surface area contributed by atoms with Crippen molar-refractivity contribution in [3.8, 4) is 0 Å². The number of hydrogen-bond acceptors (Lipinski definition) is 5. The van der Waals surface area contributed by atoms with Crippen molar-refractivity contribution in [1.29, 1.82) is 0 Å². The average molecular weight is 448 g/mol. The Labute approximate surface area is 177 Å². The first-order chi connectivity index (χ1) is 13.8. The molecule has 1 heterocycles. The van der Waals surface area contributed by atoms with Crippen molar-refractivity contribution in [1.82, 2.24) is 9.97 Å². The molecule has 5 nitrogen and oxygen atoms in total. The molecule has 0 aliphatic heterocycles. The van der Waals surface area contributed by atoms with E-state index in [4.69, 9.17) is 28.9 Å². The van der Waals surface area contributed by atoms with Crippen LogP contribution < -0.4 is 16.4 Å². The molecule has 1 fully saturated rings. The van der Waals surface area contributed by atoms with Crippen molar-refractivity contribution in [2.24, 2.45) is 17.6 Å². The number of nitrogens with two attached hydrogens (primary N) is 1. The monoisotopic (exact) mass is 447 g/mol. The fraction of sp³-hybridized carbons (Fsp3) is 0.474. The first-order valence-electron chi connectivity index (χ1n) is 9.36. The van der Waals surface area contributed by atoms with Gasteiger partial charge in [-0.05, 0) is 55.8 Å². The van der Waals surface area contributed by atoms with Gasteiger partial charge in [0.05, 0.1) is 10.0 Å². The number of nitrogens with one attached hydrogen (secondary N) is 2. The molecule has 0 spiro atoms. The van der Waals surface area contributed by atoms with Crippen molar-refractivity contribution in [3.63, 3.8) is 0 Å². The van der Waals surface area contributed by atoms with Crippen LogP contribution in [-0.2, 0) is 6.18 Å². The van der Waals surface area contributed by atoms with E-state index in [0.717, 1.165) is 31.9 Å². The third kappa shape index (κ3) is 5.87. The van der Waals surface area contributed by atoms with Gasteiger partial charge in [-0.1, -0.05) is 29.6 Å². The number of rotatable bonds is 6. The smallest absolute Gasteiger partial charge is 0.369 e. The van der Waals surface area contributed by atoms with Crippen LogP contribution in [0.15, 0.2) is 24.4 Å². The molecule has 10 heteroatoms. The number of hydrogen-bond donors (Lipinski definition) is 3. The third-order valence-corrected chi connectivity index (χ3v) is 5.79. The molecule has 0 bridgehead atoms. The van der Waals surface area contributed by atoms with Gasteiger partial charge in [-0.3, -0.25) is 0 Å². The van der Waals surface area contributed by atoms with Gasteiger partial charge in [-0.15, -0.1) is 0 Å². The van der Waals surface area contributed by atoms with Crippen molar-refractivity contribution in [2.75, 3.05) is 23.7 Å². The lowest BCUT2D eigenvalue weighted by atomic mass is 9.81. The number of benzene rings is 1. The molecule has 0 radical (unpaired) electrons. The van der Waals surface area contributed by atoms with Crippen LogP contribution in [0.2, 0.25) is 10.0 Å². The van der Waals surface area contributed by atoms with E-state index < -0.39 is 11.7 Å². The summed E-state index contributed by atoms with van der Waals surface area (Å²) in [5, 5.41) is 6.42. The van der Waals surface area contributed by atoms with Crippen molar-refractivity contribution in [2.45, 2.75) is 31.9 Å². The van der Waals surface area contributed by atoms with Gasteiger partial charge in [-0.25, -0.2) is 4.98 Å². The van der Waals surface area contributed by atoms with Crippen LogP contribution in [-0.4, -0.2) is 23.1 Å². The van der Waals surface area contributed by atoms with Crippen molar-refractivity contribution in [3.05, 3.63) is 40.0 Å². The predicted molar refractivity (Wildman–Crippen MR) is 110 cm³/mol. The predicted octanol–water partition coefficient (Wildman–Crippen LogP) is 5.72. The van der Waals surface area contributed by atoms with Crippen LogP contribution in [0, 0.1) is 11.8 Å². The summed E-state index contributed by atoms with van der Waals surface area (Å²) < 4.78 is 40.2. The summed E-state index contributed by atoms with van der Waals surface area (Å²) in [6.07, 6.45) is 0.199. The van der Waals surface area contributed by atoms with E-state index >= 15 is 0 Å². The summed E-state index contributed by atoms with van der Waals surface area (Å²) in [4.78, 5) is 7.85. The summed E-state index contributed by atoms with van der Waals surface area (Å²) in [5.41, 5.74) is 5.37. The topological polar surface area (TPSA) is 75.9 Å². The van der Waals surface area contributed by atoms with Gasteiger partial charge in [0.25, 0.3) is 0 Å². The van der Waals surface area contributed by atoms with E-state index in [1.54, 1.807) is 18.2 Å². The molecule has 2 aromatic rings. The van der Waals surface area contributed by atoms with Gasteiger partial charge >= 0.3 is 6.18 Å².